The Labute approximate surface area is 235 Å². The monoisotopic (exact) mass is 550 g/mol. The van der Waals surface area contributed by atoms with Crippen LogP contribution in [0.15, 0.2) is 85.1 Å². The maximum absolute atomic E-state index is 14.1. The van der Waals surface area contributed by atoms with Crippen LogP contribution in [0.1, 0.15) is 40.1 Å². The number of rotatable bonds is 8. The van der Waals surface area contributed by atoms with Crippen molar-refractivity contribution in [3.8, 4) is 16.9 Å². The number of carbonyl (C=O) groups excluding carboxylic acids is 1. The summed E-state index contributed by atoms with van der Waals surface area (Å²) in [6.45, 7) is 5.59. The molecule has 0 bridgehead atoms. The Hall–Kier alpha value is -5.31. The number of carboxylic acids is 1. The molecule has 0 spiro atoms. The largest absolute Gasteiger partial charge is 0.490 e. The fraction of sp³-hybridized carbons (Fsp3) is 0.125. The van der Waals surface area contributed by atoms with Crippen molar-refractivity contribution >= 4 is 40.1 Å². The molecule has 0 fully saturated rings. The smallest absolute Gasteiger partial charge is 0.335 e. The fourth-order valence-corrected chi connectivity index (χ4v) is 4.37. The lowest BCUT2D eigenvalue weighted by Crippen LogP contribution is -2.14. The second-order valence-corrected chi connectivity index (χ2v) is 9.74. The van der Waals surface area contributed by atoms with Gasteiger partial charge in [0.05, 0.1) is 17.2 Å². The summed E-state index contributed by atoms with van der Waals surface area (Å²) in [4.78, 5) is 33.3. The minimum absolute atomic E-state index is 0.131. The number of benzene rings is 4. The summed E-state index contributed by atoms with van der Waals surface area (Å²) in [5, 5.41) is 15.9. The van der Waals surface area contributed by atoms with Gasteiger partial charge in [-0.05, 0) is 74.9 Å². The van der Waals surface area contributed by atoms with Crippen molar-refractivity contribution < 1.29 is 23.8 Å². The molecular weight excluding hydrogens is 523 g/mol. The molecule has 5 aromatic rings. The Morgan fingerprint density at radius 1 is 0.927 bits per heavy atom. The van der Waals surface area contributed by atoms with E-state index in [-0.39, 0.29) is 17.6 Å². The number of hydrogen-bond donors (Lipinski definition) is 3. The summed E-state index contributed by atoms with van der Waals surface area (Å²) in [5.74, 6) is -1.03. The van der Waals surface area contributed by atoms with E-state index < -0.39 is 11.8 Å². The molecule has 0 aliphatic heterocycles. The van der Waals surface area contributed by atoms with Gasteiger partial charge in [0.25, 0.3) is 5.91 Å². The van der Waals surface area contributed by atoms with Crippen LogP contribution in [0.3, 0.4) is 0 Å². The van der Waals surface area contributed by atoms with Crippen molar-refractivity contribution in [3.63, 3.8) is 0 Å². The van der Waals surface area contributed by atoms with E-state index in [9.17, 15) is 14.0 Å². The van der Waals surface area contributed by atoms with E-state index >= 15 is 0 Å². The first-order chi connectivity index (χ1) is 19.7. The van der Waals surface area contributed by atoms with Crippen molar-refractivity contribution in [2.75, 3.05) is 10.6 Å². The van der Waals surface area contributed by atoms with Gasteiger partial charge in [0.2, 0.25) is 5.95 Å². The van der Waals surface area contributed by atoms with E-state index in [1.807, 2.05) is 51.1 Å². The molecule has 3 N–H and O–H groups in total. The molecule has 1 heterocycles. The number of aromatic carboxylic acids is 1. The lowest BCUT2D eigenvalue weighted by atomic mass is 10.0. The molecule has 1 amide bonds. The molecule has 9 heteroatoms. The second-order valence-electron chi connectivity index (χ2n) is 9.74. The van der Waals surface area contributed by atoms with Crippen LogP contribution in [0, 0.1) is 12.7 Å². The predicted molar refractivity (Wildman–Crippen MR) is 157 cm³/mol. The summed E-state index contributed by atoms with van der Waals surface area (Å²) < 4.78 is 20.0. The second kappa shape index (κ2) is 11.4. The molecule has 0 atom stereocenters. The predicted octanol–water partition coefficient (Wildman–Crippen LogP) is 7.23. The maximum Gasteiger partial charge on any atom is 0.335 e. The Kier molecular flexibility index (Phi) is 7.60. The zero-order valence-corrected chi connectivity index (χ0v) is 22.6. The van der Waals surface area contributed by atoms with E-state index in [0.29, 0.717) is 39.7 Å². The van der Waals surface area contributed by atoms with Crippen LogP contribution in [0.5, 0.6) is 5.75 Å². The van der Waals surface area contributed by atoms with Gasteiger partial charge < -0.3 is 20.5 Å². The first-order valence-corrected chi connectivity index (χ1v) is 12.9. The van der Waals surface area contributed by atoms with Crippen molar-refractivity contribution in [1.82, 2.24) is 9.97 Å². The molecule has 0 aliphatic rings. The van der Waals surface area contributed by atoms with Crippen LogP contribution in [0.4, 0.5) is 21.7 Å². The Balaban J connectivity index is 1.44. The lowest BCUT2D eigenvalue weighted by molar-refractivity contribution is 0.0696. The van der Waals surface area contributed by atoms with Gasteiger partial charge in [0, 0.05) is 45.7 Å². The number of aryl methyl sites for hydroxylation is 1. The van der Waals surface area contributed by atoms with Gasteiger partial charge in [-0.2, -0.15) is 0 Å². The Morgan fingerprint density at radius 3 is 2.41 bits per heavy atom. The molecular formula is C32H27FN4O4. The van der Waals surface area contributed by atoms with Crippen molar-refractivity contribution in [2.45, 2.75) is 26.9 Å². The van der Waals surface area contributed by atoms with Crippen LogP contribution in [-0.2, 0) is 0 Å². The number of halogens is 1. The molecule has 0 saturated carbocycles. The van der Waals surface area contributed by atoms with Gasteiger partial charge in [-0.1, -0.05) is 24.3 Å². The number of nitrogens with one attached hydrogen (secondary N) is 2. The number of carboxylic acid groups (broad SMARTS) is 1. The quantitative estimate of drug-likeness (QED) is 0.187. The number of hydrogen-bond acceptors (Lipinski definition) is 6. The first kappa shape index (κ1) is 27.3. The average Bonchev–Trinajstić information content (AvgIpc) is 2.94. The normalized spacial score (nSPS) is 11.0. The third kappa shape index (κ3) is 6.14. The van der Waals surface area contributed by atoms with E-state index in [0.717, 1.165) is 16.5 Å². The molecule has 206 valence electrons. The standard InChI is InChI=1S/C32H27FN4O4/c1-18(2)41-28-15-22(33)10-14-25(28)26-6-4-5-21-17-34-32(37-29(21)26)36-24-11-7-19(3)27(16-24)30(38)35-23-12-8-20(9-13-23)31(39)40/h4-18H,1-3H3,(H,35,38)(H,39,40)(H,34,36,37). The van der Waals surface area contributed by atoms with Gasteiger partial charge in [0.1, 0.15) is 11.6 Å². The molecule has 1 aromatic heterocycles. The minimum Gasteiger partial charge on any atom is -0.490 e. The zero-order chi connectivity index (χ0) is 29.1. The molecule has 0 aliphatic carbocycles. The van der Waals surface area contributed by atoms with Crippen LogP contribution >= 0.6 is 0 Å². The SMILES string of the molecule is Cc1ccc(Nc2ncc3cccc(-c4ccc(F)cc4OC(C)C)c3n2)cc1C(=O)Nc1ccc(C(=O)O)cc1. The van der Waals surface area contributed by atoms with Crippen molar-refractivity contribution in [1.29, 1.82) is 0 Å². The Morgan fingerprint density at radius 2 is 1.68 bits per heavy atom. The van der Waals surface area contributed by atoms with Crippen LogP contribution < -0.4 is 15.4 Å². The van der Waals surface area contributed by atoms with Gasteiger partial charge in [0.15, 0.2) is 0 Å². The van der Waals surface area contributed by atoms with Crippen LogP contribution in [0.2, 0.25) is 0 Å². The molecule has 0 saturated heterocycles. The van der Waals surface area contributed by atoms with Crippen LogP contribution in [-0.4, -0.2) is 33.1 Å². The van der Waals surface area contributed by atoms with E-state index in [1.54, 1.807) is 18.3 Å². The number of carbonyl (C=O) groups is 2. The van der Waals surface area contributed by atoms with Crippen molar-refractivity contribution in [2.24, 2.45) is 0 Å². The lowest BCUT2D eigenvalue weighted by Gasteiger charge is -2.16. The van der Waals surface area contributed by atoms with Crippen LogP contribution in [0.25, 0.3) is 22.0 Å². The topological polar surface area (TPSA) is 113 Å². The first-order valence-electron chi connectivity index (χ1n) is 12.9. The number of amides is 1. The van der Waals surface area contributed by atoms with Crippen molar-refractivity contribution in [3.05, 3.63) is 108 Å². The van der Waals surface area contributed by atoms with Gasteiger partial charge in [-0.15, -0.1) is 0 Å². The fourth-order valence-electron chi connectivity index (χ4n) is 4.37. The number of anilines is 3. The maximum atomic E-state index is 14.1. The summed E-state index contributed by atoms with van der Waals surface area (Å²) in [7, 11) is 0. The third-order valence-electron chi connectivity index (χ3n) is 6.34. The highest BCUT2D eigenvalue weighted by Crippen LogP contribution is 2.36. The highest BCUT2D eigenvalue weighted by molar-refractivity contribution is 6.06. The molecule has 0 unspecified atom stereocenters. The number of ether oxygens (including phenoxy) is 1. The average molecular weight is 551 g/mol. The minimum atomic E-state index is -1.04. The van der Waals surface area contributed by atoms with Gasteiger partial charge in [-0.25, -0.2) is 19.2 Å². The van der Waals surface area contributed by atoms with Gasteiger partial charge in [-0.3, -0.25) is 4.79 Å². The zero-order valence-electron chi connectivity index (χ0n) is 22.6. The molecule has 5 rings (SSSR count). The van der Waals surface area contributed by atoms with E-state index in [2.05, 4.69) is 15.6 Å². The summed E-state index contributed by atoms with van der Waals surface area (Å²) in [6.07, 6.45) is 1.55. The van der Waals surface area contributed by atoms with E-state index in [4.69, 9.17) is 14.8 Å². The highest BCUT2D eigenvalue weighted by atomic mass is 19.1. The Bertz CT molecular complexity index is 1770. The number of aromatic nitrogens is 2. The third-order valence-corrected chi connectivity index (χ3v) is 6.34. The van der Waals surface area contributed by atoms with E-state index in [1.165, 1.54) is 36.4 Å². The summed E-state index contributed by atoms with van der Waals surface area (Å²) in [5.41, 5.74) is 4.52. The molecule has 41 heavy (non-hydrogen) atoms. The number of fused-ring (bicyclic) bond motifs is 1. The molecule has 4 aromatic carbocycles. The highest BCUT2D eigenvalue weighted by Gasteiger charge is 2.15. The number of para-hydroxylation sites is 1. The molecule has 8 nitrogen and oxygen atoms in total. The number of nitrogens with zero attached hydrogens (tertiary/aromatic N) is 2. The van der Waals surface area contributed by atoms with Gasteiger partial charge >= 0.3 is 5.97 Å². The molecule has 0 radical (unpaired) electrons. The summed E-state index contributed by atoms with van der Waals surface area (Å²) >= 11 is 0. The summed E-state index contributed by atoms with van der Waals surface area (Å²) in [6, 6.07) is 21.4.